The highest BCUT2D eigenvalue weighted by Gasteiger charge is 2.19. The van der Waals surface area contributed by atoms with Gasteiger partial charge in [-0.25, -0.2) is 0 Å². The minimum absolute atomic E-state index is 0.0924. The summed E-state index contributed by atoms with van der Waals surface area (Å²) in [4.78, 5) is 38.4. The van der Waals surface area contributed by atoms with Crippen LogP contribution in [0.2, 0.25) is 0 Å². The van der Waals surface area contributed by atoms with E-state index >= 15 is 0 Å². The van der Waals surface area contributed by atoms with E-state index in [1.165, 1.54) is 116 Å². The van der Waals surface area contributed by atoms with Crippen molar-refractivity contribution in [3.05, 3.63) is 134 Å². The molecule has 6 heteroatoms. The highest BCUT2D eigenvalue weighted by molar-refractivity contribution is 5.71. The maximum absolute atomic E-state index is 12.9. The molecule has 0 spiro atoms. The van der Waals surface area contributed by atoms with E-state index in [0.29, 0.717) is 19.3 Å². The Hall–Kier alpha value is -4.45. The monoisotopic (exact) mass is 1110 g/mol. The Labute approximate surface area is 494 Å². The number of allylic oxidation sites excluding steroid dienone is 22. The Morgan fingerprint density at radius 3 is 0.775 bits per heavy atom. The molecule has 0 radical (unpaired) electrons. The summed E-state index contributed by atoms with van der Waals surface area (Å²) in [6, 6.07) is 0. The summed E-state index contributed by atoms with van der Waals surface area (Å²) in [5, 5.41) is 0. The molecule has 6 nitrogen and oxygen atoms in total. The number of carbonyl (C=O) groups is 3. The molecular weight excluding hydrogens is 985 g/mol. The Morgan fingerprint density at radius 1 is 0.263 bits per heavy atom. The van der Waals surface area contributed by atoms with Gasteiger partial charge < -0.3 is 14.2 Å². The maximum atomic E-state index is 12.9. The second kappa shape index (κ2) is 67.1. The van der Waals surface area contributed by atoms with Gasteiger partial charge in [-0.2, -0.15) is 0 Å². The lowest BCUT2D eigenvalue weighted by molar-refractivity contribution is -0.167. The fraction of sp³-hybridized carbons (Fsp3) is 0.662. The van der Waals surface area contributed by atoms with Gasteiger partial charge in [0.05, 0.1) is 0 Å². The van der Waals surface area contributed by atoms with Gasteiger partial charge in [-0.15, -0.1) is 0 Å². The molecule has 1 atom stereocenters. The van der Waals surface area contributed by atoms with E-state index in [2.05, 4.69) is 154 Å². The van der Waals surface area contributed by atoms with Crippen molar-refractivity contribution in [2.24, 2.45) is 0 Å². The number of esters is 3. The van der Waals surface area contributed by atoms with Crippen LogP contribution in [0.25, 0.3) is 0 Å². The van der Waals surface area contributed by atoms with Gasteiger partial charge >= 0.3 is 17.9 Å². The summed E-state index contributed by atoms with van der Waals surface area (Å²) >= 11 is 0. The third-order valence-electron chi connectivity index (χ3n) is 13.9. The van der Waals surface area contributed by atoms with Crippen LogP contribution in [0, 0.1) is 0 Å². The van der Waals surface area contributed by atoms with Crippen molar-refractivity contribution >= 4 is 17.9 Å². The summed E-state index contributed by atoms with van der Waals surface area (Å²) in [6.45, 7) is 6.40. The average molecular weight is 1110 g/mol. The topological polar surface area (TPSA) is 78.9 Å². The third-order valence-corrected chi connectivity index (χ3v) is 13.9. The summed E-state index contributed by atoms with van der Waals surface area (Å²) in [7, 11) is 0. The normalized spacial score (nSPS) is 13.0. The summed E-state index contributed by atoms with van der Waals surface area (Å²) < 4.78 is 16.9. The molecule has 0 saturated carbocycles. The molecule has 0 aliphatic carbocycles. The zero-order valence-corrected chi connectivity index (χ0v) is 52.0. The summed E-state index contributed by atoms with van der Waals surface area (Å²) in [6.07, 6.45) is 94.5. The fourth-order valence-corrected chi connectivity index (χ4v) is 8.96. The number of rotatable bonds is 59. The number of ether oxygens (including phenoxy) is 3. The van der Waals surface area contributed by atoms with E-state index in [1.807, 2.05) is 0 Å². The molecule has 0 heterocycles. The zero-order chi connectivity index (χ0) is 57.8. The molecule has 1 unspecified atom stereocenters. The first-order valence-corrected chi connectivity index (χ1v) is 33.2. The quantitative estimate of drug-likeness (QED) is 0.0261. The van der Waals surface area contributed by atoms with E-state index in [-0.39, 0.29) is 31.1 Å². The van der Waals surface area contributed by atoms with E-state index in [0.717, 1.165) is 141 Å². The van der Waals surface area contributed by atoms with Crippen LogP contribution in [-0.2, 0) is 28.6 Å². The lowest BCUT2D eigenvalue weighted by Gasteiger charge is -2.18. The van der Waals surface area contributed by atoms with Crippen LogP contribution < -0.4 is 0 Å². The minimum atomic E-state index is -0.797. The predicted octanol–water partition coefficient (Wildman–Crippen LogP) is 22.9. The van der Waals surface area contributed by atoms with E-state index < -0.39 is 6.10 Å². The van der Waals surface area contributed by atoms with Crippen LogP contribution in [0.1, 0.15) is 297 Å². The van der Waals surface area contributed by atoms with E-state index in [1.54, 1.807) is 0 Å². The second-order valence-electron chi connectivity index (χ2n) is 21.6. The molecule has 454 valence electrons. The molecule has 0 saturated heterocycles. The Morgan fingerprint density at radius 2 is 0.487 bits per heavy atom. The largest absolute Gasteiger partial charge is 0.462 e. The van der Waals surface area contributed by atoms with Crippen molar-refractivity contribution in [2.75, 3.05) is 13.2 Å². The molecule has 0 aromatic carbocycles. The van der Waals surface area contributed by atoms with Crippen molar-refractivity contribution in [3.8, 4) is 0 Å². The Balaban J connectivity index is 4.39. The highest BCUT2D eigenvalue weighted by Crippen LogP contribution is 2.15. The van der Waals surface area contributed by atoms with Gasteiger partial charge in [-0.3, -0.25) is 14.4 Å². The van der Waals surface area contributed by atoms with Gasteiger partial charge in [-0.1, -0.05) is 276 Å². The highest BCUT2D eigenvalue weighted by atomic mass is 16.6. The van der Waals surface area contributed by atoms with Gasteiger partial charge in [-0.05, 0) is 135 Å². The molecule has 0 fully saturated rings. The Bertz CT molecular complexity index is 1700. The summed E-state index contributed by atoms with van der Waals surface area (Å²) in [5.41, 5.74) is 0. The SMILES string of the molecule is CC/C=C\C/C=C\C/C=C\C/C=C\C/C=C\C/C=C\C/C=C\CCCCCCCCCC(=O)OCC(COC(=O)CCCCCCC/C=C\CCCCCCCCC)OC(=O)CCCCCCCCC/C=C\C/C=C\C/C=C\CC. The van der Waals surface area contributed by atoms with Crippen LogP contribution in [0.15, 0.2) is 134 Å². The first kappa shape index (κ1) is 75.5. The van der Waals surface area contributed by atoms with Crippen LogP contribution in [0.3, 0.4) is 0 Å². The third kappa shape index (κ3) is 64.4. The number of hydrogen-bond donors (Lipinski definition) is 0. The smallest absolute Gasteiger partial charge is 0.306 e. The first-order valence-electron chi connectivity index (χ1n) is 33.2. The number of unbranched alkanes of at least 4 members (excludes halogenated alkanes) is 26. The van der Waals surface area contributed by atoms with Crippen molar-refractivity contribution in [1.29, 1.82) is 0 Å². The van der Waals surface area contributed by atoms with Crippen LogP contribution in [0.5, 0.6) is 0 Å². The van der Waals surface area contributed by atoms with Crippen LogP contribution in [-0.4, -0.2) is 37.2 Å². The molecule has 80 heavy (non-hydrogen) atoms. The lowest BCUT2D eigenvalue weighted by atomic mass is 10.1. The molecule has 0 aliphatic rings. The number of carbonyl (C=O) groups excluding carboxylic acids is 3. The van der Waals surface area contributed by atoms with Gasteiger partial charge in [0.1, 0.15) is 13.2 Å². The van der Waals surface area contributed by atoms with Crippen molar-refractivity contribution in [2.45, 2.75) is 303 Å². The van der Waals surface area contributed by atoms with E-state index in [4.69, 9.17) is 14.2 Å². The zero-order valence-electron chi connectivity index (χ0n) is 52.0. The van der Waals surface area contributed by atoms with Crippen molar-refractivity contribution in [1.82, 2.24) is 0 Å². The van der Waals surface area contributed by atoms with Gasteiger partial charge in [0.25, 0.3) is 0 Å². The molecule has 0 aromatic rings. The maximum Gasteiger partial charge on any atom is 0.306 e. The van der Waals surface area contributed by atoms with Gasteiger partial charge in [0.2, 0.25) is 0 Å². The molecule has 0 rings (SSSR count). The Kier molecular flexibility index (Phi) is 63.3. The minimum Gasteiger partial charge on any atom is -0.462 e. The van der Waals surface area contributed by atoms with Crippen LogP contribution in [0.4, 0.5) is 0 Å². The van der Waals surface area contributed by atoms with Crippen molar-refractivity contribution in [3.63, 3.8) is 0 Å². The molecule has 0 N–H and O–H groups in total. The van der Waals surface area contributed by atoms with Gasteiger partial charge in [0, 0.05) is 19.3 Å². The molecule has 0 bridgehead atoms. The number of hydrogen-bond acceptors (Lipinski definition) is 6. The van der Waals surface area contributed by atoms with E-state index in [9.17, 15) is 14.4 Å². The fourth-order valence-electron chi connectivity index (χ4n) is 8.96. The summed E-state index contributed by atoms with van der Waals surface area (Å²) in [5.74, 6) is -0.917. The van der Waals surface area contributed by atoms with Gasteiger partial charge in [0.15, 0.2) is 6.10 Å². The average Bonchev–Trinajstić information content (AvgIpc) is 3.46. The van der Waals surface area contributed by atoms with Crippen molar-refractivity contribution < 1.29 is 28.6 Å². The predicted molar refractivity (Wildman–Crippen MR) is 348 cm³/mol. The molecule has 0 amide bonds. The molecule has 0 aliphatic heterocycles. The molecular formula is C74H122O6. The molecule has 0 aromatic heterocycles. The standard InChI is InChI=1S/C74H122O6/c1-4-7-10-13-16-19-22-25-28-31-32-33-34-35-36-37-38-39-40-41-42-44-46-49-52-55-58-61-64-67-73(76)79-70-71(69-78-72(75)66-63-60-57-54-51-48-45-30-27-24-21-18-15-12-9-6-3)80-74(77)68-65-62-59-56-53-50-47-43-29-26-23-20-17-14-11-8-5-2/h7-8,10-11,16-17,19-20,25-26,28-30,32-33,35-36,38-39,41-42,45,71H,4-6,9,12-15,18,21-24,27,31,34,37,40,43-44,46-70H2,1-3H3/b10-7-,11-8-,19-16-,20-17-,28-25-,29-26-,33-32-,36-35-,39-38-,42-41-,45-30-. The first-order chi connectivity index (χ1) is 39.5. The second-order valence-corrected chi connectivity index (χ2v) is 21.6. The lowest BCUT2D eigenvalue weighted by Crippen LogP contribution is -2.30. The van der Waals surface area contributed by atoms with Crippen LogP contribution >= 0.6 is 0 Å².